The van der Waals surface area contributed by atoms with Crippen LogP contribution in [-0.2, 0) is 11.3 Å². The number of hydrogen-bond donors (Lipinski definition) is 2. The van der Waals surface area contributed by atoms with Gasteiger partial charge in [-0.05, 0) is 44.9 Å². The molecule has 20 heavy (non-hydrogen) atoms. The van der Waals surface area contributed by atoms with Crippen molar-refractivity contribution in [2.75, 3.05) is 11.1 Å². The molecule has 0 radical (unpaired) electrons. The lowest BCUT2D eigenvalue weighted by Crippen LogP contribution is -2.21. The Morgan fingerprint density at radius 2 is 2.00 bits per heavy atom. The standard InChI is InChI=1S/C15H20N4O/c1-9-5-6-10(2)13(7-9)17-14(20)8-19-12(4)15(16)11(3)18-19/h5-7H,8,16H2,1-4H3,(H,17,20). The number of nitrogens with one attached hydrogen (secondary N) is 1. The Morgan fingerprint density at radius 1 is 1.30 bits per heavy atom. The van der Waals surface area contributed by atoms with Gasteiger partial charge >= 0.3 is 0 Å². The van der Waals surface area contributed by atoms with E-state index in [9.17, 15) is 4.79 Å². The van der Waals surface area contributed by atoms with Crippen LogP contribution in [0.1, 0.15) is 22.5 Å². The molecule has 0 unspecified atom stereocenters. The highest BCUT2D eigenvalue weighted by atomic mass is 16.2. The molecule has 1 heterocycles. The minimum absolute atomic E-state index is 0.107. The van der Waals surface area contributed by atoms with Crippen LogP contribution in [0, 0.1) is 27.7 Å². The summed E-state index contributed by atoms with van der Waals surface area (Å²) in [5, 5.41) is 7.18. The third-order valence-corrected chi connectivity index (χ3v) is 3.40. The van der Waals surface area contributed by atoms with E-state index in [0.717, 1.165) is 28.2 Å². The third-order valence-electron chi connectivity index (χ3n) is 3.40. The molecule has 1 aromatic carbocycles. The summed E-state index contributed by atoms with van der Waals surface area (Å²) in [5.41, 5.74) is 11.1. The normalized spacial score (nSPS) is 10.6. The molecular formula is C15H20N4O. The molecule has 0 saturated carbocycles. The van der Waals surface area contributed by atoms with Gasteiger partial charge in [-0.3, -0.25) is 9.48 Å². The molecule has 1 amide bonds. The predicted octanol–water partition coefficient (Wildman–Crippen LogP) is 2.34. The number of amides is 1. The highest BCUT2D eigenvalue weighted by Gasteiger charge is 2.12. The number of hydrogen-bond acceptors (Lipinski definition) is 3. The van der Waals surface area contributed by atoms with Gasteiger partial charge in [0.05, 0.1) is 17.1 Å². The summed E-state index contributed by atoms with van der Waals surface area (Å²) < 4.78 is 1.63. The molecule has 0 spiro atoms. The van der Waals surface area contributed by atoms with Crippen LogP contribution in [0.15, 0.2) is 18.2 Å². The van der Waals surface area contributed by atoms with Crippen molar-refractivity contribution in [3.05, 3.63) is 40.7 Å². The van der Waals surface area contributed by atoms with Gasteiger partial charge in [-0.15, -0.1) is 0 Å². The van der Waals surface area contributed by atoms with E-state index in [1.54, 1.807) is 4.68 Å². The van der Waals surface area contributed by atoms with Crippen LogP contribution in [0.5, 0.6) is 0 Å². The van der Waals surface area contributed by atoms with E-state index in [2.05, 4.69) is 10.4 Å². The van der Waals surface area contributed by atoms with E-state index in [1.807, 2.05) is 45.9 Å². The molecule has 0 aliphatic rings. The Bertz CT molecular complexity index is 658. The van der Waals surface area contributed by atoms with Gasteiger partial charge in [-0.25, -0.2) is 0 Å². The second-order valence-electron chi connectivity index (χ2n) is 5.11. The molecule has 2 aromatic rings. The van der Waals surface area contributed by atoms with Gasteiger partial charge in [0.2, 0.25) is 5.91 Å². The summed E-state index contributed by atoms with van der Waals surface area (Å²) in [6, 6.07) is 5.97. The molecule has 0 atom stereocenters. The molecular weight excluding hydrogens is 252 g/mol. The summed E-state index contributed by atoms with van der Waals surface area (Å²) in [6.45, 7) is 7.83. The highest BCUT2D eigenvalue weighted by Crippen LogP contribution is 2.17. The van der Waals surface area contributed by atoms with Crippen molar-refractivity contribution in [3.63, 3.8) is 0 Å². The molecule has 2 rings (SSSR count). The number of aryl methyl sites for hydroxylation is 3. The van der Waals surface area contributed by atoms with Gasteiger partial charge in [0, 0.05) is 5.69 Å². The van der Waals surface area contributed by atoms with Gasteiger partial charge in [-0.1, -0.05) is 12.1 Å². The lowest BCUT2D eigenvalue weighted by Gasteiger charge is -2.10. The molecule has 1 aromatic heterocycles. The highest BCUT2D eigenvalue weighted by molar-refractivity contribution is 5.91. The van der Waals surface area contributed by atoms with Crippen LogP contribution in [0.3, 0.4) is 0 Å². The van der Waals surface area contributed by atoms with Crippen molar-refractivity contribution < 1.29 is 4.79 Å². The second-order valence-corrected chi connectivity index (χ2v) is 5.11. The number of aromatic nitrogens is 2. The molecule has 0 aliphatic heterocycles. The second kappa shape index (κ2) is 5.36. The molecule has 0 aliphatic carbocycles. The third kappa shape index (κ3) is 2.82. The van der Waals surface area contributed by atoms with Crippen LogP contribution in [0.2, 0.25) is 0 Å². The maximum atomic E-state index is 12.1. The zero-order chi connectivity index (χ0) is 14.9. The van der Waals surface area contributed by atoms with Crippen LogP contribution >= 0.6 is 0 Å². The van der Waals surface area contributed by atoms with Crippen molar-refractivity contribution in [2.24, 2.45) is 0 Å². The fraction of sp³-hybridized carbons (Fsp3) is 0.333. The van der Waals surface area contributed by atoms with Crippen molar-refractivity contribution in [2.45, 2.75) is 34.2 Å². The molecule has 0 fully saturated rings. The zero-order valence-electron chi connectivity index (χ0n) is 12.3. The number of benzene rings is 1. The maximum Gasteiger partial charge on any atom is 0.246 e. The minimum atomic E-state index is -0.107. The SMILES string of the molecule is Cc1ccc(C)c(NC(=O)Cn2nc(C)c(N)c2C)c1. The lowest BCUT2D eigenvalue weighted by atomic mass is 10.1. The first-order chi connectivity index (χ1) is 9.38. The summed E-state index contributed by atoms with van der Waals surface area (Å²) >= 11 is 0. The van der Waals surface area contributed by atoms with E-state index in [4.69, 9.17) is 5.73 Å². The fourth-order valence-electron chi connectivity index (χ4n) is 2.06. The number of carbonyl (C=O) groups is 1. The number of nitrogens with zero attached hydrogens (tertiary/aromatic N) is 2. The summed E-state index contributed by atoms with van der Waals surface area (Å²) in [4.78, 5) is 12.1. The fourth-order valence-corrected chi connectivity index (χ4v) is 2.06. The van der Waals surface area contributed by atoms with Crippen molar-refractivity contribution >= 4 is 17.3 Å². The molecule has 106 valence electrons. The van der Waals surface area contributed by atoms with Gasteiger partial charge in [0.15, 0.2) is 0 Å². The van der Waals surface area contributed by atoms with Crippen molar-refractivity contribution in [3.8, 4) is 0 Å². The molecule has 3 N–H and O–H groups in total. The topological polar surface area (TPSA) is 72.9 Å². The Labute approximate surface area is 118 Å². The first-order valence-electron chi connectivity index (χ1n) is 6.55. The first kappa shape index (κ1) is 14.1. The van der Waals surface area contributed by atoms with Gasteiger partial charge in [0.25, 0.3) is 0 Å². The van der Waals surface area contributed by atoms with Gasteiger partial charge in [-0.2, -0.15) is 5.10 Å². The summed E-state index contributed by atoms with van der Waals surface area (Å²) in [6.07, 6.45) is 0. The maximum absolute atomic E-state index is 12.1. The van der Waals surface area contributed by atoms with Gasteiger partial charge in [0.1, 0.15) is 6.54 Å². The molecule has 5 heteroatoms. The average Bonchev–Trinajstić information content (AvgIpc) is 2.61. The van der Waals surface area contributed by atoms with E-state index in [-0.39, 0.29) is 12.5 Å². The molecule has 5 nitrogen and oxygen atoms in total. The van der Waals surface area contributed by atoms with E-state index >= 15 is 0 Å². The monoisotopic (exact) mass is 272 g/mol. The number of carbonyl (C=O) groups excluding carboxylic acids is 1. The summed E-state index contributed by atoms with van der Waals surface area (Å²) in [5.74, 6) is -0.107. The van der Waals surface area contributed by atoms with Crippen molar-refractivity contribution in [1.82, 2.24) is 9.78 Å². The van der Waals surface area contributed by atoms with Crippen LogP contribution in [0.4, 0.5) is 11.4 Å². The largest absolute Gasteiger partial charge is 0.396 e. The Hall–Kier alpha value is -2.30. The predicted molar refractivity (Wildman–Crippen MR) is 80.7 cm³/mol. The van der Waals surface area contributed by atoms with E-state index in [0.29, 0.717) is 5.69 Å². The number of nitrogen functional groups attached to an aromatic ring is 1. The van der Waals surface area contributed by atoms with Crippen LogP contribution in [-0.4, -0.2) is 15.7 Å². The smallest absolute Gasteiger partial charge is 0.246 e. The van der Waals surface area contributed by atoms with Crippen molar-refractivity contribution in [1.29, 1.82) is 0 Å². The van der Waals surface area contributed by atoms with E-state index in [1.165, 1.54) is 0 Å². The number of anilines is 2. The van der Waals surface area contributed by atoms with E-state index < -0.39 is 0 Å². The number of nitrogens with two attached hydrogens (primary N) is 1. The number of rotatable bonds is 3. The van der Waals surface area contributed by atoms with Crippen LogP contribution < -0.4 is 11.1 Å². The average molecular weight is 272 g/mol. The Morgan fingerprint density at radius 3 is 2.60 bits per heavy atom. The minimum Gasteiger partial charge on any atom is -0.396 e. The Kier molecular flexibility index (Phi) is 3.79. The quantitative estimate of drug-likeness (QED) is 0.900. The van der Waals surface area contributed by atoms with Gasteiger partial charge < -0.3 is 11.1 Å². The first-order valence-corrected chi connectivity index (χ1v) is 6.55. The zero-order valence-corrected chi connectivity index (χ0v) is 12.3. The molecule has 0 bridgehead atoms. The summed E-state index contributed by atoms with van der Waals surface area (Å²) in [7, 11) is 0. The lowest BCUT2D eigenvalue weighted by molar-refractivity contribution is -0.116. The molecule has 0 saturated heterocycles. The van der Waals surface area contributed by atoms with Crippen LogP contribution in [0.25, 0.3) is 0 Å². The Balaban J connectivity index is 2.13.